The van der Waals surface area contributed by atoms with Gasteiger partial charge in [-0.1, -0.05) is 109 Å². The largest absolute Gasteiger partial charge is 0.310 e. The molecule has 0 heterocycles. The summed E-state index contributed by atoms with van der Waals surface area (Å²) in [5.41, 5.74) is 19.1. The van der Waals surface area contributed by atoms with Crippen LogP contribution in [0, 0.1) is 47.3 Å². The van der Waals surface area contributed by atoms with Gasteiger partial charge < -0.3 is 4.90 Å². The minimum atomic E-state index is 0.176. The van der Waals surface area contributed by atoms with Crippen molar-refractivity contribution in [3.8, 4) is 33.4 Å². The maximum absolute atomic E-state index is 2.62. The number of para-hydroxylation sites is 1. The van der Waals surface area contributed by atoms with Crippen molar-refractivity contribution >= 4 is 17.1 Å². The molecule has 8 bridgehead atoms. The summed E-state index contributed by atoms with van der Waals surface area (Å²) >= 11 is 0. The Hall–Kier alpha value is -4.88. The van der Waals surface area contributed by atoms with Crippen molar-refractivity contribution in [2.45, 2.75) is 75.0 Å². The molecule has 0 N–H and O–H groups in total. The van der Waals surface area contributed by atoms with E-state index in [1.54, 1.807) is 22.3 Å². The fraction of sp³-hybridized carbons (Fsp3) is 0.357. The van der Waals surface area contributed by atoms with Crippen molar-refractivity contribution in [2.75, 3.05) is 4.90 Å². The molecule has 0 radical (unpaired) electrons. The summed E-state index contributed by atoms with van der Waals surface area (Å²) in [6.07, 6.45) is 14.3. The molecule has 0 aromatic heterocycles. The first-order valence-electron chi connectivity index (χ1n) is 22.6. The third-order valence-electron chi connectivity index (χ3n) is 17.8. The number of anilines is 3. The Morgan fingerprint density at radius 3 is 1.19 bits per heavy atom. The van der Waals surface area contributed by atoms with Gasteiger partial charge in [-0.2, -0.15) is 0 Å². The van der Waals surface area contributed by atoms with Crippen LogP contribution in [0.5, 0.6) is 0 Å². The van der Waals surface area contributed by atoms with Crippen LogP contribution in [0.3, 0.4) is 0 Å². The number of hydrogen-bond acceptors (Lipinski definition) is 1. The molecule has 10 aliphatic rings. The average Bonchev–Trinajstić information content (AvgIpc) is 3.70. The van der Waals surface area contributed by atoms with Crippen molar-refractivity contribution in [2.24, 2.45) is 47.3 Å². The summed E-state index contributed by atoms with van der Waals surface area (Å²) in [6.45, 7) is 0. The van der Waals surface area contributed by atoms with E-state index in [0.717, 1.165) is 47.3 Å². The van der Waals surface area contributed by atoms with Gasteiger partial charge in [0, 0.05) is 27.8 Å². The summed E-state index contributed by atoms with van der Waals surface area (Å²) in [5, 5.41) is 0. The Morgan fingerprint density at radius 2 is 0.719 bits per heavy atom. The molecule has 0 atom stereocenters. The molecule has 8 fully saturated rings. The van der Waals surface area contributed by atoms with Gasteiger partial charge in [-0.05, 0) is 192 Å². The third-order valence-corrected chi connectivity index (χ3v) is 17.8. The highest BCUT2D eigenvalue weighted by atomic mass is 15.1. The minimum absolute atomic E-state index is 0.176. The number of hydrogen-bond donors (Lipinski definition) is 0. The second kappa shape index (κ2) is 11.4. The number of nitrogens with zero attached hydrogens (tertiary/aromatic N) is 1. The smallest absolute Gasteiger partial charge is 0.0540 e. The first kappa shape index (κ1) is 32.1. The van der Waals surface area contributed by atoms with Crippen LogP contribution in [0.25, 0.3) is 33.4 Å². The lowest BCUT2D eigenvalue weighted by atomic mass is 9.43. The summed E-state index contributed by atoms with van der Waals surface area (Å²) < 4.78 is 0. The van der Waals surface area contributed by atoms with E-state index in [4.69, 9.17) is 0 Å². The van der Waals surface area contributed by atoms with Gasteiger partial charge in [0.25, 0.3) is 0 Å². The van der Waals surface area contributed by atoms with Crippen molar-refractivity contribution in [3.63, 3.8) is 0 Å². The molecule has 2 spiro atoms. The van der Waals surface area contributed by atoms with Crippen LogP contribution in [0.15, 0.2) is 140 Å². The first-order valence-corrected chi connectivity index (χ1v) is 22.6. The van der Waals surface area contributed by atoms with Crippen LogP contribution < -0.4 is 4.90 Å². The van der Waals surface area contributed by atoms with Gasteiger partial charge in [-0.15, -0.1) is 0 Å². The molecule has 16 rings (SSSR count). The fourth-order valence-electron chi connectivity index (χ4n) is 16.5. The molecule has 6 aromatic rings. The summed E-state index contributed by atoms with van der Waals surface area (Å²) in [7, 11) is 0. The van der Waals surface area contributed by atoms with E-state index in [1.807, 2.05) is 0 Å². The van der Waals surface area contributed by atoms with Gasteiger partial charge in [0.1, 0.15) is 0 Å². The summed E-state index contributed by atoms with van der Waals surface area (Å²) in [6, 6.07) is 54.9. The van der Waals surface area contributed by atoms with Gasteiger partial charge in [0.15, 0.2) is 0 Å². The van der Waals surface area contributed by atoms with Crippen molar-refractivity contribution in [3.05, 3.63) is 162 Å². The lowest BCUT2D eigenvalue weighted by Crippen LogP contribution is -2.55. The fourth-order valence-corrected chi connectivity index (χ4v) is 16.5. The molecule has 0 aliphatic heterocycles. The lowest BCUT2D eigenvalue weighted by Gasteiger charge is -2.61. The Kier molecular flexibility index (Phi) is 6.43. The van der Waals surface area contributed by atoms with E-state index in [2.05, 4.69) is 144 Å². The topological polar surface area (TPSA) is 3.24 Å². The van der Waals surface area contributed by atoms with Gasteiger partial charge >= 0.3 is 0 Å². The molecular formula is C56H51N. The molecule has 0 saturated heterocycles. The predicted octanol–water partition coefficient (Wildman–Crippen LogP) is 14.3. The van der Waals surface area contributed by atoms with E-state index in [1.165, 1.54) is 115 Å². The van der Waals surface area contributed by atoms with Crippen molar-refractivity contribution < 1.29 is 0 Å². The highest BCUT2D eigenvalue weighted by Crippen LogP contribution is 2.71. The number of rotatable bonds is 4. The second-order valence-electron chi connectivity index (χ2n) is 20.1. The molecule has 0 amide bonds. The average molecular weight is 738 g/mol. The number of benzene rings is 6. The molecule has 57 heavy (non-hydrogen) atoms. The third kappa shape index (κ3) is 4.07. The summed E-state index contributed by atoms with van der Waals surface area (Å²) in [4.78, 5) is 2.62. The van der Waals surface area contributed by atoms with Crippen LogP contribution >= 0.6 is 0 Å². The van der Waals surface area contributed by atoms with Crippen LogP contribution in [0.2, 0.25) is 0 Å². The maximum atomic E-state index is 2.62. The zero-order valence-corrected chi connectivity index (χ0v) is 32.9. The zero-order valence-electron chi connectivity index (χ0n) is 32.9. The molecular weight excluding hydrogens is 687 g/mol. The molecule has 280 valence electrons. The molecule has 8 saturated carbocycles. The standard InChI is InChI=1S/C56H51N/c1-2-10-38(11-3-1)45-12-6-9-17-54(45)57(43-18-20-52-48(32-43)46-13-4-7-15-50(46)55(52)39-24-34-22-35(26-39)27-40(55)25-34)44-19-21-53-49(33-44)47-14-5-8-16-51(47)56(53)41-28-36-23-37(30-41)31-42(56)29-36/h1-21,32-37,39-42H,22-31H2. The Bertz CT molecular complexity index is 2430. The van der Waals surface area contributed by atoms with E-state index < -0.39 is 0 Å². The van der Waals surface area contributed by atoms with E-state index >= 15 is 0 Å². The minimum Gasteiger partial charge on any atom is -0.310 e. The Labute approximate surface area is 338 Å². The van der Waals surface area contributed by atoms with Crippen LogP contribution in [0.1, 0.15) is 86.5 Å². The zero-order chi connectivity index (χ0) is 37.0. The lowest BCUT2D eigenvalue weighted by molar-refractivity contribution is -0.0399. The molecule has 1 heteroatoms. The van der Waals surface area contributed by atoms with Crippen molar-refractivity contribution in [1.82, 2.24) is 0 Å². The van der Waals surface area contributed by atoms with Crippen LogP contribution in [0.4, 0.5) is 17.1 Å². The van der Waals surface area contributed by atoms with E-state index in [9.17, 15) is 0 Å². The second-order valence-corrected chi connectivity index (χ2v) is 20.1. The Balaban J connectivity index is 0.982. The molecule has 1 nitrogen and oxygen atoms in total. The number of fused-ring (bicyclic) bond motifs is 6. The first-order chi connectivity index (χ1) is 28.2. The van der Waals surface area contributed by atoms with Gasteiger partial charge in [0.2, 0.25) is 0 Å². The van der Waals surface area contributed by atoms with E-state index in [0.29, 0.717) is 0 Å². The SMILES string of the molecule is c1ccc(-c2ccccc2N(c2ccc3c(c2)-c2ccccc2C32C3CC4CC(C3)CC2C4)c2ccc3c(c2)-c2ccccc2C32C3CC4CC(C3)CC2C4)cc1. The monoisotopic (exact) mass is 737 g/mol. The highest BCUT2D eigenvalue weighted by Gasteiger charge is 2.63. The highest BCUT2D eigenvalue weighted by molar-refractivity contribution is 5.93. The van der Waals surface area contributed by atoms with Crippen LogP contribution in [-0.4, -0.2) is 0 Å². The van der Waals surface area contributed by atoms with Gasteiger partial charge in [-0.3, -0.25) is 0 Å². The molecule has 10 aliphatic carbocycles. The van der Waals surface area contributed by atoms with Gasteiger partial charge in [-0.25, -0.2) is 0 Å². The van der Waals surface area contributed by atoms with Gasteiger partial charge in [0.05, 0.1) is 5.69 Å². The normalized spacial score (nSPS) is 33.8. The van der Waals surface area contributed by atoms with Crippen molar-refractivity contribution in [1.29, 1.82) is 0 Å². The quantitative estimate of drug-likeness (QED) is 0.174. The summed E-state index contributed by atoms with van der Waals surface area (Å²) in [5.74, 6) is 6.86. The van der Waals surface area contributed by atoms with Crippen LogP contribution in [-0.2, 0) is 10.8 Å². The molecule has 6 aromatic carbocycles. The van der Waals surface area contributed by atoms with E-state index in [-0.39, 0.29) is 10.8 Å². The predicted molar refractivity (Wildman–Crippen MR) is 233 cm³/mol. The molecule has 0 unspecified atom stereocenters. The maximum Gasteiger partial charge on any atom is 0.0540 e. The Morgan fingerprint density at radius 1 is 0.333 bits per heavy atom.